The Morgan fingerprint density at radius 3 is 2.79 bits per heavy atom. The van der Waals surface area contributed by atoms with Crippen molar-refractivity contribution in [3.63, 3.8) is 0 Å². The highest BCUT2D eigenvalue weighted by Gasteiger charge is 2.06. The molecule has 4 N–H and O–H groups in total. The fourth-order valence-corrected chi connectivity index (χ4v) is 1.66. The van der Waals surface area contributed by atoms with Crippen molar-refractivity contribution in [3.8, 4) is 0 Å². The average Bonchev–Trinajstić information content (AvgIpc) is 2.37. The zero-order chi connectivity index (χ0) is 13.8. The van der Waals surface area contributed by atoms with Gasteiger partial charge in [-0.15, -0.1) is 0 Å². The maximum atomic E-state index is 11.8. The molecule has 1 heterocycles. The molecule has 0 fully saturated rings. The van der Waals surface area contributed by atoms with Crippen LogP contribution in [-0.2, 0) is 0 Å². The molecule has 0 aliphatic rings. The number of pyridine rings is 1. The van der Waals surface area contributed by atoms with Gasteiger partial charge < -0.3 is 16.4 Å². The second kappa shape index (κ2) is 5.58. The van der Waals surface area contributed by atoms with Crippen LogP contribution in [0.15, 0.2) is 36.7 Å². The standard InChI is InChI=1S/C13H13ClN4O/c1-8-2-3-9(6-10(8)14)17-13(19)18-12-4-5-16-7-11(12)15/h2-7H,15H2,1H3,(H2,16,17,18,19). The average molecular weight is 277 g/mol. The van der Waals surface area contributed by atoms with Gasteiger partial charge in [0.15, 0.2) is 0 Å². The predicted octanol–water partition coefficient (Wildman–Crippen LogP) is 3.27. The summed E-state index contributed by atoms with van der Waals surface area (Å²) in [6.07, 6.45) is 3.02. The first-order valence-corrected chi connectivity index (χ1v) is 5.97. The minimum Gasteiger partial charge on any atom is -0.396 e. The van der Waals surface area contributed by atoms with Crippen molar-refractivity contribution in [3.05, 3.63) is 47.2 Å². The minimum absolute atomic E-state index is 0.391. The summed E-state index contributed by atoms with van der Waals surface area (Å²) in [5.41, 5.74) is 8.15. The molecule has 5 nitrogen and oxygen atoms in total. The zero-order valence-corrected chi connectivity index (χ0v) is 11.0. The van der Waals surface area contributed by atoms with Crippen LogP contribution < -0.4 is 16.4 Å². The van der Waals surface area contributed by atoms with Crippen LogP contribution >= 0.6 is 11.6 Å². The van der Waals surface area contributed by atoms with Crippen LogP contribution in [0.2, 0.25) is 5.02 Å². The second-order valence-corrected chi connectivity index (χ2v) is 4.41. The summed E-state index contributed by atoms with van der Waals surface area (Å²) >= 11 is 5.98. The molecular weight excluding hydrogens is 264 g/mol. The van der Waals surface area contributed by atoms with Crippen molar-refractivity contribution in [2.75, 3.05) is 16.4 Å². The number of benzene rings is 1. The molecule has 0 bridgehead atoms. The summed E-state index contributed by atoms with van der Waals surface area (Å²) in [6.45, 7) is 1.89. The van der Waals surface area contributed by atoms with Crippen molar-refractivity contribution >= 4 is 34.7 Å². The van der Waals surface area contributed by atoms with E-state index in [-0.39, 0.29) is 0 Å². The number of aryl methyl sites for hydroxylation is 1. The number of urea groups is 1. The number of nitrogens with zero attached hydrogens (tertiary/aromatic N) is 1. The van der Waals surface area contributed by atoms with Gasteiger partial charge in [-0.2, -0.15) is 0 Å². The van der Waals surface area contributed by atoms with E-state index < -0.39 is 6.03 Å². The first-order chi connectivity index (χ1) is 9.06. The number of amides is 2. The Bertz CT molecular complexity index is 615. The van der Waals surface area contributed by atoms with E-state index in [2.05, 4.69) is 15.6 Å². The van der Waals surface area contributed by atoms with E-state index in [0.29, 0.717) is 22.1 Å². The number of carbonyl (C=O) groups is 1. The van der Waals surface area contributed by atoms with Crippen LogP contribution in [0.1, 0.15) is 5.56 Å². The van der Waals surface area contributed by atoms with Crippen LogP contribution in [-0.4, -0.2) is 11.0 Å². The molecule has 19 heavy (non-hydrogen) atoms. The molecule has 6 heteroatoms. The molecule has 98 valence electrons. The molecule has 0 spiro atoms. The highest BCUT2D eigenvalue weighted by Crippen LogP contribution is 2.20. The molecule has 0 saturated carbocycles. The van der Waals surface area contributed by atoms with Crippen LogP contribution in [0.3, 0.4) is 0 Å². The first-order valence-electron chi connectivity index (χ1n) is 5.60. The molecular formula is C13H13ClN4O. The smallest absolute Gasteiger partial charge is 0.323 e. The number of nitrogens with one attached hydrogen (secondary N) is 2. The third-order valence-corrected chi connectivity index (χ3v) is 2.94. The predicted molar refractivity (Wildman–Crippen MR) is 77.5 cm³/mol. The van der Waals surface area contributed by atoms with Crippen molar-refractivity contribution < 1.29 is 4.79 Å². The fraction of sp³-hybridized carbons (Fsp3) is 0.0769. The number of hydrogen-bond donors (Lipinski definition) is 3. The molecule has 1 aromatic carbocycles. The van der Waals surface area contributed by atoms with E-state index in [1.54, 1.807) is 24.4 Å². The Kier molecular flexibility index (Phi) is 3.87. The van der Waals surface area contributed by atoms with Crippen molar-refractivity contribution in [1.82, 2.24) is 4.98 Å². The Morgan fingerprint density at radius 2 is 2.11 bits per heavy atom. The SMILES string of the molecule is Cc1ccc(NC(=O)Nc2ccncc2N)cc1Cl. The highest BCUT2D eigenvalue weighted by atomic mass is 35.5. The Labute approximate surface area is 115 Å². The van der Waals surface area contributed by atoms with Crippen LogP contribution in [0.5, 0.6) is 0 Å². The van der Waals surface area contributed by atoms with Gasteiger partial charge >= 0.3 is 6.03 Å². The first kappa shape index (κ1) is 13.2. The topological polar surface area (TPSA) is 80.0 Å². The molecule has 0 saturated heterocycles. The number of carbonyl (C=O) groups excluding carboxylic acids is 1. The van der Waals surface area contributed by atoms with Gasteiger partial charge in [0.05, 0.1) is 17.6 Å². The van der Waals surface area contributed by atoms with E-state index >= 15 is 0 Å². The van der Waals surface area contributed by atoms with Gasteiger partial charge in [-0.05, 0) is 30.7 Å². The summed E-state index contributed by atoms with van der Waals surface area (Å²) in [5, 5.41) is 5.91. The van der Waals surface area contributed by atoms with E-state index in [4.69, 9.17) is 17.3 Å². The van der Waals surface area contributed by atoms with E-state index in [0.717, 1.165) is 5.56 Å². The third kappa shape index (κ3) is 3.35. The van der Waals surface area contributed by atoms with Crippen LogP contribution in [0.25, 0.3) is 0 Å². The quantitative estimate of drug-likeness (QED) is 0.787. The number of nitrogens with two attached hydrogens (primary N) is 1. The Balaban J connectivity index is 2.05. The fourth-order valence-electron chi connectivity index (χ4n) is 1.48. The largest absolute Gasteiger partial charge is 0.396 e. The molecule has 2 amide bonds. The summed E-state index contributed by atoms with van der Waals surface area (Å²) < 4.78 is 0. The second-order valence-electron chi connectivity index (χ2n) is 4.01. The summed E-state index contributed by atoms with van der Waals surface area (Å²) in [5.74, 6) is 0. The Morgan fingerprint density at radius 1 is 1.32 bits per heavy atom. The van der Waals surface area contributed by atoms with Crippen LogP contribution in [0, 0.1) is 6.92 Å². The molecule has 0 aliphatic carbocycles. The molecule has 2 rings (SSSR count). The van der Waals surface area contributed by atoms with Gasteiger partial charge in [0.1, 0.15) is 0 Å². The van der Waals surface area contributed by atoms with E-state index in [9.17, 15) is 4.79 Å². The number of hydrogen-bond acceptors (Lipinski definition) is 3. The summed E-state index contributed by atoms with van der Waals surface area (Å²) in [6, 6.07) is 6.52. The normalized spacial score (nSPS) is 10.0. The lowest BCUT2D eigenvalue weighted by atomic mass is 10.2. The molecule has 0 radical (unpaired) electrons. The lowest BCUT2D eigenvalue weighted by Crippen LogP contribution is -2.20. The lowest BCUT2D eigenvalue weighted by molar-refractivity contribution is 0.262. The van der Waals surface area contributed by atoms with Gasteiger partial charge in [-0.25, -0.2) is 4.79 Å². The number of halogens is 1. The minimum atomic E-state index is -0.391. The summed E-state index contributed by atoms with van der Waals surface area (Å²) in [4.78, 5) is 15.6. The molecule has 1 aromatic heterocycles. The maximum Gasteiger partial charge on any atom is 0.323 e. The van der Waals surface area contributed by atoms with E-state index in [1.807, 2.05) is 13.0 Å². The van der Waals surface area contributed by atoms with Gasteiger partial charge in [0.25, 0.3) is 0 Å². The van der Waals surface area contributed by atoms with Crippen molar-refractivity contribution in [2.45, 2.75) is 6.92 Å². The van der Waals surface area contributed by atoms with Gasteiger partial charge in [0, 0.05) is 16.9 Å². The van der Waals surface area contributed by atoms with Crippen molar-refractivity contribution in [2.24, 2.45) is 0 Å². The lowest BCUT2D eigenvalue weighted by Gasteiger charge is -2.09. The monoisotopic (exact) mass is 276 g/mol. The van der Waals surface area contributed by atoms with Gasteiger partial charge in [-0.1, -0.05) is 17.7 Å². The maximum absolute atomic E-state index is 11.8. The molecule has 2 aromatic rings. The third-order valence-electron chi connectivity index (χ3n) is 2.53. The molecule has 0 aliphatic heterocycles. The highest BCUT2D eigenvalue weighted by molar-refractivity contribution is 6.31. The number of anilines is 3. The summed E-state index contributed by atoms with van der Waals surface area (Å²) in [7, 11) is 0. The van der Waals surface area contributed by atoms with Gasteiger partial charge in [-0.3, -0.25) is 4.98 Å². The number of aromatic nitrogens is 1. The molecule has 0 atom stereocenters. The van der Waals surface area contributed by atoms with E-state index in [1.165, 1.54) is 6.20 Å². The zero-order valence-electron chi connectivity index (χ0n) is 10.3. The number of nitrogen functional groups attached to an aromatic ring is 1. The number of rotatable bonds is 2. The van der Waals surface area contributed by atoms with Crippen molar-refractivity contribution in [1.29, 1.82) is 0 Å². The van der Waals surface area contributed by atoms with Crippen LogP contribution in [0.4, 0.5) is 21.9 Å². The Hall–Kier alpha value is -2.27. The van der Waals surface area contributed by atoms with Gasteiger partial charge in [0.2, 0.25) is 0 Å². The molecule has 0 unspecified atom stereocenters.